The maximum Gasteiger partial charge on any atom is 0.418 e. The van der Waals surface area contributed by atoms with Gasteiger partial charge in [0.25, 0.3) is 0 Å². The smallest absolute Gasteiger partial charge is 0.365 e. The van der Waals surface area contributed by atoms with Gasteiger partial charge in [0.1, 0.15) is 11.5 Å². The van der Waals surface area contributed by atoms with Gasteiger partial charge in [0.2, 0.25) is 0 Å². The van der Waals surface area contributed by atoms with Crippen LogP contribution in [-0.2, 0) is 6.18 Å². The number of rotatable bonds is 3. The van der Waals surface area contributed by atoms with Crippen molar-refractivity contribution in [2.24, 2.45) is 0 Å². The van der Waals surface area contributed by atoms with Crippen molar-refractivity contribution < 1.29 is 13.2 Å². The number of aromatic nitrogens is 2. The fourth-order valence-corrected chi connectivity index (χ4v) is 3.10. The van der Waals surface area contributed by atoms with Crippen LogP contribution >= 0.6 is 0 Å². The molecule has 3 rings (SSSR count). The summed E-state index contributed by atoms with van der Waals surface area (Å²) in [6.07, 6.45) is -2.57. The van der Waals surface area contributed by atoms with Crippen molar-refractivity contribution in [2.45, 2.75) is 32.0 Å². The van der Waals surface area contributed by atoms with Gasteiger partial charge in [-0.1, -0.05) is 29.8 Å². The molecule has 1 atom stereocenters. The molecule has 0 saturated carbocycles. The van der Waals surface area contributed by atoms with Crippen molar-refractivity contribution in [2.75, 3.05) is 25.5 Å². The van der Waals surface area contributed by atoms with E-state index in [9.17, 15) is 13.2 Å². The molecule has 0 amide bonds. The maximum absolute atomic E-state index is 13.5. The lowest BCUT2D eigenvalue weighted by Gasteiger charge is -2.30. The highest BCUT2D eigenvalue weighted by Crippen LogP contribution is 2.36. The van der Waals surface area contributed by atoms with E-state index in [-0.39, 0.29) is 17.6 Å². The van der Waals surface area contributed by atoms with Gasteiger partial charge in [-0.05, 0) is 39.4 Å². The zero-order valence-corrected chi connectivity index (χ0v) is 14.3. The summed E-state index contributed by atoms with van der Waals surface area (Å²) < 4.78 is 40.6. The molecule has 1 saturated heterocycles. The first kappa shape index (κ1) is 17.7. The van der Waals surface area contributed by atoms with Crippen LogP contribution in [0.3, 0.4) is 0 Å². The Labute approximate surface area is 145 Å². The van der Waals surface area contributed by atoms with Crippen LogP contribution in [-0.4, -0.2) is 41.3 Å². The Balaban J connectivity index is 1.91. The molecule has 2 heterocycles. The van der Waals surface area contributed by atoms with Crippen LogP contribution in [0.1, 0.15) is 24.0 Å². The standard InChI is InChI=1S/C18H21F3N4/c1-12-5-7-13(8-6-12)17-15(18(19,20)21)10-16(23-24-17)22-14-4-3-9-25(2)11-14/h5-8,10,14H,3-4,9,11H2,1-2H3,(H,22,23)/t14-/m1/s1. The first-order chi connectivity index (χ1) is 11.8. The number of aryl methyl sites for hydroxylation is 1. The highest BCUT2D eigenvalue weighted by molar-refractivity contribution is 5.65. The second-order valence-electron chi connectivity index (χ2n) is 6.60. The van der Waals surface area contributed by atoms with E-state index in [4.69, 9.17) is 0 Å². The van der Waals surface area contributed by atoms with E-state index in [1.165, 1.54) is 0 Å². The van der Waals surface area contributed by atoms with Crippen molar-refractivity contribution >= 4 is 5.82 Å². The summed E-state index contributed by atoms with van der Waals surface area (Å²) in [5.41, 5.74) is 0.483. The summed E-state index contributed by atoms with van der Waals surface area (Å²) in [5, 5.41) is 11.0. The Bertz CT molecular complexity index is 728. The van der Waals surface area contributed by atoms with Crippen LogP contribution in [0.15, 0.2) is 30.3 Å². The zero-order chi connectivity index (χ0) is 18.0. The number of anilines is 1. The lowest BCUT2D eigenvalue weighted by molar-refractivity contribution is -0.137. The van der Waals surface area contributed by atoms with E-state index >= 15 is 0 Å². The summed E-state index contributed by atoms with van der Waals surface area (Å²) in [6, 6.07) is 7.95. The predicted octanol–water partition coefficient (Wildman–Crippen LogP) is 3.98. The minimum absolute atomic E-state index is 0.0827. The molecule has 0 unspecified atom stereocenters. The minimum Gasteiger partial charge on any atom is -0.365 e. The van der Waals surface area contributed by atoms with E-state index < -0.39 is 11.7 Å². The molecule has 0 aliphatic carbocycles. The molecule has 1 fully saturated rings. The molecular formula is C18H21F3N4. The molecular weight excluding hydrogens is 329 g/mol. The summed E-state index contributed by atoms with van der Waals surface area (Å²) >= 11 is 0. The SMILES string of the molecule is Cc1ccc(-c2nnc(N[C@@H]3CCCN(C)C3)cc2C(F)(F)F)cc1. The maximum atomic E-state index is 13.5. The van der Waals surface area contributed by atoms with Crippen LogP contribution in [0.4, 0.5) is 19.0 Å². The Kier molecular flexibility index (Phi) is 4.94. The molecule has 1 aliphatic rings. The van der Waals surface area contributed by atoms with Crippen LogP contribution in [0.25, 0.3) is 11.3 Å². The van der Waals surface area contributed by atoms with Gasteiger partial charge < -0.3 is 10.2 Å². The highest BCUT2D eigenvalue weighted by Gasteiger charge is 2.35. The molecule has 1 aliphatic heterocycles. The molecule has 7 heteroatoms. The largest absolute Gasteiger partial charge is 0.418 e. The number of likely N-dealkylation sites (tertiary alicyclic amines) is 1. The number of piperidine rings is 1. The third kappa shape index (κ3) is 4.28. The Morgan fingerprint density at radius 3 is 2.52 bits per heavy atom. The molecule has 1 aromatic carbocycles. The lowest BCUT2D eigenvalue weighted by Crippen LogP contribution is -2.40. The number of hydrogen-bond donors (Lipinski definition) is 1. The summed E-state index contributed by atoms with van der Waals surface area (Å²) in [5.74, 6) is 0.170. The topological polar surface area (TPSA) is 41.1 Å². The summed E-state index contributed by atoms with van der Waals surface area (Å²) in [6.45, 7) is 3.67. The van der Waals surface area contributed by atoms with E-state index in [0.717, 1.165) is 37.6 Å². The second-order valence-corrected chi connectivity index (χ2v) is 6.60. The van der Waals surface area contributed by atoms with Gasteiger partial charge >= 0.3 is 6.18 Å². The Hall–Kier alpha value is -2.15. The Morgan fingerprint density at radius 1 is 1.16 bits per heavy atom. The van der Waals surface area contributed by atoms with E-state index in [1.54, 1.807) is 24.3 Å². The average molecular weight is 350 g/mol. The van der Waals surface area contributed by atoms with Crippen LogP contribution < -0.4 is 5.32 Å². The molecule has 25 heavy (non-hydrogen) atoms. The van der Waals surface area contributed by atoms with Crippen LogP contribution in [0.5, 0.6) is 0 Å². The molecule has 0 bridgehead atoms. The molecule has 0 spiro atoms. The Morgan fingerprint density at radius 2 is 1.88 bits per heavy atom. The average Bonchev–Trinajstić information content (AvgIpc) is 2.55. The second kappa shape index (κ2) is 7.00. The fraction of sp³-hybridized carbons (Fsp3) is 0.444. The summed E-state index contributed by atoms with van der Waals surface area (Å²) in [7, 11) is 2.00. The van der Waals surface area contributed by atoms with Crippen molar-refractivity contribution in [3.63, 3.8) is 0 Å². The number of benzene rings is 1. The molecule has 134 valence electrons. The lowest BCUT2D eigenvalue weighted by atomic mass is 10.0. The summed E-state index contributed by atoms with van der Waals surface area (Å²) in [4.78, 5) is 2.15. The monoisotopic (exact) mass is 350 g/mol. The highest BCUT2D eigenvalue weighted by atomic mass is 19.4. The third-order valence-corrected chi connectivity index (χ3v) is 4.40. The molecule has 0 radical (unpaired) electrons. The number of nitrogens with one attached hydrogen (secondary N) is 1. The first-order valence-corrected chi connectivity index (χ1v) is 8.30. The van der Waals surface area contributed by atoms with E-state index in [2.05, 4.69) is 20.4 Å². The van der Waals surface area contributed by atoms with Crippen molar-refractivity contribution in [3.05, 3.63) is 41.5 Å². The van der Waals surface area contributed by atoms with Gasteiger partial charge in [-0.25, -0.2) is 0 Å². The number of halogens is 3. The normalized spacial score (nSPS) is 19.0. The van der Waals surface area contributed by atoms with Gasteiger partial charge in [-0.15, -0.1) is 10.2 Å². The van der Waals surface area contributed by atoms with Crippen molar-refractivity contribution in [3.8, 4) is 11.3 Å². The third-order valence-electron chi connectivity index (χ3n) is 4.40. The fourth-order valence-electron chi connectivity index (χ4n) is 3.10. The quantitative estimate of drug-likeness (QED) is 0.909. The first-order valence-electron chi connectivity index (χ1n) is 8.30. The van der Waals surface area contributed by atoms with Gasteiger partial charge in [-0.3, -0.25) is 0 Å². The van der Waals surface area contributed by atoms with Crippen LogP contribution in [0, 0.1) is 6.92 Å². The van der Waals surface area contributed by atoms with Gasteiger partial charge in [-0.2, -0.15) is 13.2 Å². The van der Waals surface area contributed by atoms with Gasteiger partial charge in [0, 0.05) is 18.2 Å². The predicted molar refractivity (Wildman–Crippen MR) is 91.3 cm³/mol. The number of likely N-dealkylation sites (N-methyl/N-ethyl adjacent to an activating group) is 1. The molecule has 1 aromatic heterocycles. The molecule has 1 N–H and O–H groups in total. The van der Waals surface area contributed by atoms with Crippen LogP contribution in [0.2, 0.25) is 0 Å². The number of hydrogen-bond acceptors (Lipinski definition) is 4. The molecule has 4 nitrogen and oxygen atoms in total. The zero-order valence-electron chi connectivity index (χ0n) is 14.3. The van der Waals surface area contributed by atoms with Gasteiger partial charge in [0.15, 0.2) is 0 Å². The van der Waals surface area contributed by atoms with Crippen molar-refractivity contribution in [1.29, 1.82) is 0 Å². The van der Waals surface area contributed by atoms with Gasteiger partial charge in [0.05, 0.1) is 5.56 Å². The van der Waals surface area contributed by atoms with Crippen molar-refractivity contribution in [1.82, 2.24) is 15.1 Å². The minimum atomic E-state index is -4.49. The van der Waals surface area contributed by atoms with E-state index in [0.29, 0.717) is 5.56 Å². The van der Waals surface area contributed by atoms with E-state index in [1.807, 2.05) is 14.0 Å². The molecule has 2 aromatic rings. The number of nitrogens with zero attached hydrogens (tertiary/aromatic N) is 3. The number of alkyl halides is 3.